The highest BCUT2D eigenvalue weighted by Crippen LogP contribution is 2.46. The molecule has 24 heteroatoms. The number of rotatable bonds is 29. The fourth-order valence-corrected chi connectivity index (χ4v) is 12.0. The number of hydrogen-bond acceptors (Lipinski definition) is 16. The van der Waals surface area contributed by atoms with Gasteiger partial charge >= 0.3 is 18.0 Å². The molecular formula is C59H79N7O15S2. The van der Waals surface area contributed by atoms with E-state index in [4.69, 9.17) is 10.5 Å². The Morgan fingerprint density at radius 3 is 1.39 bits per heavy atom. The number of nitrogens with two attached hydrogens (primary N) is 1. The molecule has 3 aliphatic rings. The van der Waals surface area contributed by atoms with E-state index in [0.29, 0.717) is 38.5 Å². The number of sulfonamides is 2. The summed E-state index contributed by atoms with van der Waals surface area (Å²) >= 11 is 0. The Morgan fingerprint density at radius 1 is 0.566 bits per heavy atom. The molecule has 4 atom stereocenters. The second-order valence-electron chi connectivity index (χ2n) is 22.0. The number of alkyl carbamates (subject to hydrolysis) is 1. The van der Waals surface area contributed by atoms with Crippen LogP contribution in [-0.4, -0.2) is 101 Å². The lowest BCUT2D eigenvalue weighted by Gasteiger charge is -2.32. The van der Waals surface area contributed by atoms with Gasteiger partial charge in [-0.05, 0) is 94.7 Å². The van der Waals surface area contributed by atoms with E-state index in [2.05, 4.69) is 48.6 Å². The largest absolute Gasteiger partial charge is 0.469 e. The topological polar surface area (TPSA) is 331 Å². The molecule has 0 aliphatic heterocycles. The fourth-order valence-electron chi connectivity index (χ4n) is 9.58. The highest BCUT2D eigenvalue weighted by atomic mass is 32.2. The van der Waals surface area contributed by atoms with Crippen LogP contribution >= 0.6 is 0 Å². The molecule has 83 heavy (non-hydrogen) atoms. The second kappa shape index (κ2) is 29.2. The van der Waals surface area contributed by atoms with Gasteiger partial charge in [-0.3, -0.25) is 33.6 Å². The molecule has 0 bridgehead atoms. The Hall–Kier alpha value is -7.44. The first kappa shape index (κ1) is 66.4. The first-order valence-electron chi connectivity index (χ1n) is 27.7. The number of hydrogen-bond donors (Lipinski definition) is 7. The van der Waals surface area contributed by atoms with Crippen LogP contribution in [0.4, 0.5) is 16.2 Å². The predicted molar refractivity (Wildman–Crippen MR) is 310 cm³/mol. The van der Waals surface area contributed by atoms with E-state index in [1.165, 1.54) is 62.8 Å². The average Bonchev–Trinajstić information content (AvgIpc) is 4.49. The summed E-state index contributed by atoms with van der Waals surface area (Å²) < 4.78 is 71.6. The summed E-state index contributed by atoms with van der Waals surface area (Å²) in [6.45, 7) is 12.4. The number of amides is 6. The third-order valence-corrected chi connectivity index (χ3v) is 17.2. The number of nitrogens with one attached hydrogen (secondary N) is 6. The number of ether oxygens (including phenoxy) is 3. The lowest BCUT2D eigenvalue weighted by Crippen LogP contribution is -2.64. The lowest BCUT2D eigenvalue weighted by molar-refractivity contribution is -0.141. The van der Waals surface area contributed by atoms with Gasteiger partial charge in [0.15, 0.2) is 0 Å². The van der Waals surface area contributed by atoms with Gasteiger partial charge in [0.25, 0.3) is 31.9 Å². The molecule has 0 radical (unpaired) electrons. The van der Waals surface area contributed by atoms with E-state index in [1.54, 1.807) is 32.9 Å². The molecule has 0 saturated heterocycles. The SMILES string of the molecule is C=C[C@@H]1C[C@]1(N)C(=O)NS(=O)(=O)c1ccccc1NC(=O)CCCCCCCC(=O)OC.C=C[C@@H]1C[C@]1(NC(=O)C1(NC(=O)OC(C)(C)C)Cc2ccccc2C1)C(=O)NS(=O)(=O)c1ccccc1NC(=O)CCCCCCCC(=O)OC. The fraction of sp³-hybridized carbons (Fsp3) is 0.492. The molecule has 3 aromatic carbocycles. The van der Waals surface area contributed by atoms with Crippen molar-refractivity contribution in [3.63, 3.8) is 0 Å². The van der Waals surface area contributed by atoms with Crippen molar-refractivity contribution in [3.05, 3.63) is 109 Å². The Kier molecular flexibility index (Phi) is 23.3. The number of unbranched alkanes of at least 4 members (excludes halogenated alkanes) is 8. The molecule has 0 unspecified atom stereocenters. The van der Waals surface area contributed by atoms with Crippen LogP contribution in [0, 0.1) is 11.8 Å². The third-order valence-electron chi connectivity index (χ3n) is 14.5. The van der Waals surface area contributed by atoms with Crippen molar-refractivity contribution in [2.24, 2.45) is 17.6 Å². The number of carbonyl (C=O) groups excluding carboxylic acids is 8. The van der Waals surface area contributed by atoms with Crippen LogP contribution in [0.2, 0.25) is 0 Å². The summed E-state index contributed by atoms with van der Waals surface area (Å²) in [5.74, 6) is -4.50. The number of benzene rings is 3. The molecule has 3 aliphatic carbocycles. The lowest BCUT2D eigenvalue weighted by atomic mass is 9.93. The highest BCUT2D eigenvalue weighted by molar-refractivity contribution is 7.90. The van der Waals surface area contributed by atoms with Gasteiger partial charge in [0.1, 0.15) is 32.0 Å². The molecule has 452 valence electrons. The molecule has 6 rings (SSSR count). The molecule has 3 aromatic rings. The van der Waals surface area contributed by atoms with Gasteiger partial charge in [0.05, 0.1) is 25.6 Å². The van der Waals surface area contributed by atoms with Crippen LogP contribution in [0.15, 0.2) is 108 Å². The zero-order valence-electron chi connectivity index (χ0n) is 47.9. The van der Waals surface area contributed by atoms with Crippen molar-refractivity contribution in [2.75, 3.05) is 24.9 Å². The summed E-state index contributed by atoms with van der Waals surface area (Å²) in [7, 11) is -6.05. The zero-order valence-corrected chi connectivity index (χ0v) is 49.5. The standard InChI is InChI=1S/C37H48N4O9S.C22H31N3O6S/c1-6-27-24-37(27,39-32(44)36(40-34(46)50-35(2,3)4)22-25-16-12-13-17-26(25)23-36)33(45)41-51(47,48)29-19-15-14-18-28(29)38-30(42)20-10-8-7-9-11-21-31(43)49-5;1-3-16-15-22(16,23)21(28)25-32(29,30)18-12-10-9-11-17(18)24-19(26)13-7-5-4-6-8-14-20(27)31-2/h6,12-19,27H,1,7-11,20-24H2,2-5H3,(H,38,42)(H,39,44)(H,40,46)(H,41,45);3,9-12,16H,1,4-8,13-15,23H2,2H3,(H,24,26)(H,25,28)/t27-,37-;16-,22-/m11/s1. The van der Waals surface area contributed by atoms with Crippen LogP contribution in [0.3, 0.4) is 0 Å². The van der Waals surface area contributed by atoms with Crippen molar-refractivity contribution < 1.29 is 69.4 Å². The minimum Gasteiger partial charge on any atom is -0.469 e. The molecule has 0 heterocycles. The third kappa shape index (κ3) is 18.8. The van der Waals surface area contributed by atoms with Crippen LogP contribution in [-0.2, 0) is 80.7 Å². The van der Waals surface area contributed by atoms with E-state index in [9.17, 15) is 55.2 Å². The van der Waals surface area contributed by atoms with Crippen molar-refractivity contribution in [1.29, 1.82) is 0 Å². The van der Waals surface area contributed by atoms with E-state index in [-0.39, 0.29) is 77.0 Å². The zero-order chi connectivity index (χ0) is 61.2. The molecular weight excluding hydrogens is 1110 g/mol. The minimum absolute atomic E-state index is 0.000681. The van der Waals surface area contributed by atoms with E-state index in [1.807, 2.05) is 29.0 Å². The average molecular weight is 1190 g/mol. The van der Waals surface area contributed by atoms with Gasteiger partial charge in [0.2, 0.25) is 17.7 Å². The number of para-hydroxylation sites is 2. The van der Waals surface area contributed by atoms with Crippen molar-refractivity contribution >= 4 is 79.0 Å². The van der Waals surface area contributed by atoms with E-state index < -0.39 is 77.9 Å². The molecule has 8 N–H and O–H groups in total. The monoisotopic (exact) mass is 1190 g/mol. The number of esters is 2. The predicted octanol–water partition coefficient (Wildman–Crippen LogP) is 6.69. The summed E-state index contributed by atoms with van der Waals surface area (Å²) in [5, 5.41) is 10.8. The maximum Gasteiger partial charge on any atom is 0.408 e. The van der Waals surface area contributed by atoms with Crippen LogP contribution in [0.5, 0.6) is 0 Å². The summed E-state index contributed by atoms with van der Waals surface area (Å²) in [4.78, 5) is 100. The van der Waals surface area contributed by atoms with Gasteiger partial charge in [-0.15, -0.1) is 13.2 Å². The van der Waals surface area contributed by atoms with Gasteiger partial charge in [0, 0.05) is 50.4 Å². The van der Waals surface area contributed by atoms with Crippen LogP contribution in [0.1, 0.15) is 135 Å². The Morgan fingerprint density at radius 2 is 0.976 bits per heavy atom. The summed E-state index contributed by atoms with van der Waals surface area (Å²) in [6, 6.07) is 19.0. The molecule has 2 saturated carbocycles. The molecule has 22 nitrogen and oxygen atoms in total. The van der Waals surface area contributed by atoms with Gasteiger partial charge in [-0.2, -0.15) is 0 Å². The van der Waals surface area contributed by atoms with Gasteiger partial charge in [-0.1, -0.05) is 99.2 Å². The molecule has 0 aromatic heterocycles. The summed E-state index contributed by atoms with van der Waals surface area (Å²) in [5.41, 5.74) is 2.44. The maximum atomic E-state index is 14.2. The molecule has 0 spiro atoms. The van der Waals surface area contributed by atoms with Crippen molar-refractivity contribution in [2.45, 2.75) is 168 Å². The molecule has 2 fully saturated rings. The normalized spacial score (nSPS) is 19.1. The summed E-state index contributed by atoms with van der Waals surface area (Å²) in [6.07, 6.45) is 11.6. The smallest absolute Gasteiger partial charge is 0.408 e. The quantitative estimate of drug-likeness (QED) is 0.0165. The number of carbonyl (C=O) groups is 8. The highest BCUT2D eigenvalue weighted by Gasteiger charge is 2.63. The number of anilines is 2. The Bertz CT molecular complexity index is 3100. The maximum absolute atomic E-state index is 14.2. The van der Waals surface area contributed by atoms with Crippen LogP contribution in [0.25, 0.3) is 0 Å². The Balaban J connectivity index is 0.000000339. The van der Waals surface area contributed by atoms with E-state index >= 15 is 0 Å². The minimum atomic E-state index is -4.54. The van der Waals surface area contributed by atoms with E-state index in [0.717, 1.165) is 56.1 Å². The second-order valence-corrected chi connectivity index (χ2v) is 25.3. The first-order valence-corrected chi connectivity index (χ1v) is 30.6. The Labute approximate surface area is 486 Å². The van der Waals surface area contributed by atoms with Crippen LogP contribution < -0.4 is 36.4 Å². The number of fused-ring (bicyclic) bond motifs is 1. The van der Waals surface area contributed by atoms with Gasteiger partial charge < -0.3 is 41.2 Å². The van der Waals surface area contributed by atoms with Crippen molar-refractivity contribution in [3.8, 4) is 0 Å². The van der Waals surface area contributed by atoms with Gasteiger partial charge in [-0.25, -0.2) is 31.1 Å². The molecule has 6 amide bonds. The number of methoxy groups -OCH3 is 2. The first-order chi connectivity index (χ1) is 39.2. The van der Waals surface area contributed by atoms with Crippen molar-refractivity contribution in [1.82, 2.24) is 20.1 Å².